The average molecular weight is 420 g/mol. The third kappa shape index (κ3) is 5.54. The van der Waals surface area contributed by atoms with E-state index in [2.05, 4.69) is 10.6 Å². The fourth-order valence-corrected chi connectivity index (χ4v) is 2.87. The van der Waals surface area contributed by atoms with Crippen molar-refractivity contribution in [1.29, 1.82) is 0 Å². The van der Waals surface area contributed by atoms with Gasteiger partial charge in [-0.05, 0) is 55.5 Å². The summed E-state index contributed by atoms with van der Waals surface area (Å²) in [5.74, 6) is 1.01. The highest BCUT2D eigenvalue weighted by Gasteiger charge is 2.17. The van der Waals surface area contributed by atoms with Gasteiger partial charge in [0.25, 0.3) is 11.8 Å². The molecule has 0 unspecified atom stereocenters. The van der Waals surface area contributed by atoms with Crippen molar-refractivity contribution in [2.45, 2.75) is 13.0 Å². The second kappa shape index (κ2) is 10.2. The third-order valence-electron chi connectivity index (χ3n) is 4.52. The van der Waals surface area contributed by atoms with E-state index in [0.717, 1.165) is 0 Å². The lowest BCUT2D eigenvalue weighted by molar-refractivity contribution is -0.122. The first-order valence-electron chi connectivity index (χ1n) is 9.66. The second-order valence-corrected chi connectivity index (χ2v) is 6.63. The molecule has 0 bridgehead atoms. The van der Waals surface area contributed by atoms with E-state index in [1.54, 1.807) is 68.6 Å². The van der Waals surface area contributed by atoms with Gasteiger partial charge in [-0.25, -0.2) is 0 Å². The van der Waals surface area contributed by atoms with Crippen molar-refractivity contribution in [3.05, 3.63) is 78.4 Å². The van der Waals surface area contributed by atoms with Gasteiger partial charge in [-0.15, -0.1) is 0 Å². The van der Waals surface area contributed by atoms with E-state index < -0.39 is 6.10 Å². The van der Waals surface area contributed by atoms with Crippen molar-refractivity contribution in [1.82, 2.24) is 0 Å². The lowest BCUT2D eigenvalue weighted by Gasteiger charge is -2.16. The Balaban J connectivity index is 1.60. The summed E-state index contributed by atoms with van der Waals surface area (Å²) in [6, 6.07) is 20.8. The van der Waals surface area contributed by atoms with E-state index in [0.29, 0.717) is 34.2 Å². The van der Waals surface area contributed by atoms with Gasteiger partial charge < -0.3 is 24.8 Å². The number of carbonyl (C=O) groups is 2. The Morgan fingerprint density at radius 2 is 1.26 bits per heavy atom. The van der Waals surface area contributed by atoms with Gasteiger partial charge in [0.15, 0.2) is 6.10 Å². The first kappa shape index (κ1) is 21.7. The zero-order valence-electron chi connectivity index (χ0n) is 17.5. The number of ether oxygens (including phenoxy) is 3. The smallest absolute Gasteiger partial charge is 0.265 e. The van der Waals surface area contributed by atoms with Crippen LogP contribution in [-0.4, -0.2) is 32.1 Å². The van der Waals surface area contributed by atoms with Crippen LogP contribution in [0.5, 0.6) is 17.2 Å². The fraction of sp³-hybridized carbons (Fsp3) is 0.167. The van der Waals surface area contributed by atoms with Gasteiger partial charge >= 0.3 is 0 Å². The molecule has 0 aliphatic rings. The molecular weight excluding hydrogens is 396 g/mol. The van der Waals surface area contributed by atoms with E-state index in [1.165, 1.54) is 7.11 Å². The van der Waals surface area contributed by atoms with Crippen molar-refractivity contribution in [3.63, 3.8) is 0 Å². The molecule has 7 nitrogen and oxygen atoms in total. The first-order valence-corrected chi connectivity index (χ1v) is 9.66. The van der Waals surface area contributed by atoms with Crippen LogP contribution in [0.15, 0.2) is 72.8 Å². The molecule has 31 heavy (non-hydrogen) atoms. The molecular formula is C24H24N2O5. The molecule has 0 aliphatic carbocycles. The van der Waals surface area contributed by atoms with Crippen LogP contribution in [0.1, 0.15) is 17.3 Å². The molecule has 0 saturated carbocycles. The SMILES string of the molecule is COc1ccccc1NC(=O)c1ccc(O[C@H](C)C(=O)Nc2ccccc2OC)cc1. The highest BCUT2D eigenvalue weighted by Crippen LogP contribution is 2.25. The second-order valence-electron chi connectivity index (χ2n) is 6.63. The fourth-order valence-electron chi connectivity index (χ4n) is 2.87. The van der Waals surface area contributed by atoms with E-state index >= 15 is 0 Å². The number of hydrogen-bond acceptors (Lipinski definition) is 5. The lowest BCUT2D eigenvalue weighted by Crippen LogP contribution is -2.30. The van der Waals surface area contributed by atoms with Gasteiger partial charge in [0, 0.05) is 5.56 Å². The minimum absolute atomic E-state index is 0.280. The number of rotatable bonds is 8. The van der Waals surface area contributed by atoms with Crippen molar-refractivity contribution in [3.8, 4) is 17.2 Å². The Hall–Kier alpha value is -4.00. The number of methoxy groups -OCH3 is 2. The van der Waals surface area contributed by atoms with E-state index in [-0.39, 0.29) is 11.8 Å². The normalized spacial score (nSPS) is 11.2. The molecule has 7 heteroatoms. The van der Waals surface area contributed by atoms with Gasteiger partial charge in [0.2, 0.25) is 0 Å². The molecule has 160 valence electrons. The Bertz CT molecular complexity index is 1050. The van der Waals surface area contributed by atoms with Gasteiger partial charge in [-0.1, -0.05) is 24.3 Å². The monoisotopic (exact) mass is 420 g/mol. The van der Waals surface area contributed by atoms with Crippen molar-refractivity contribution in [2.24, 2.45) is 0 Å². The van der Waals surface area contributed by atoms with Gasteiger partial charge in [-0.3, -0.25) is 9.59 Å². The maximum Gasteiger partial charge on any atom is 0.265 e. The molecule has 0 heterocycles. The minimum Gasteiger partial charge on any atom is -0.495 e. The number of benzene rings is 3. The molecule has 2 amide bonds. The first-order chi connectivity index (χ1) is 15.0. The summed E-state index contributed by atoms with van der Waals surface area (Å²) in [6.45, 7) is 1.65. The highest BCUT2D eigenvalue weighted by molar-refractivity contribution is 6.05. The quantitative estimate of drug-likeness (QED) is 0.565. The predicted molar refractivity (Wildman–Crippen MR) is 119 cm³/mol. The molecule has 0 spiro atoms. The maximum atomic E-state index is 12.5. The molecule has 2 N–H and O–H groups in total. The van der Waals surface area contributed by atoms with Crippen molar-refractivity contribution in [2.75, 3.05) is 24.9 Å². The zero-order valence-corrected chi connectivity index (χ0v) is 17.5. The largest absolute Gasteiger partial charge is 0.495 e. The molecule has 0 saturated heterocycles. The predicted octanol–water partition coefficient (Wildman–Crippen LogP) is 4.36. The number of para-hydroxylation sites is 4. The summed E-state index contributed by atoms with van der Waals surface area (Å²) < 4.78 is 16.2. The lowest BCUT2D eigenvalue weighted by atomic mass is 10.2. The highest BCUT2D eigenvalue weighted by atomic mass is 16.5. The van der Waals surface area contributed by atoms with Crippen LogP contribution in [0.25, 0.3) is 0 Å². The number of anilines is 2. The van der Waals surface area contributed by atoms with Gasteiger partial charge in [0.05, 0.1) is 25.6 Å². The summed E-state index contributed by atoms with van der Waals surface area (Å²) in [5, 5.41) is 5.60. The Morgan fingerprint density at radius 3 is 1.81 bits per heavy atom. The topological polar surface area (TPSA) is 85.9 Å². The summed E-state index contributed by atoms with van der Waals surface area (Å²) in [6.07, 6.45) is -0.752. The summed E-state index contributed by atoms with van der Waals surface area (Å²) in [7, 11) is 3.08. The Morgan fingerprint density at radius 1 is 0.742 bits per heavy atom. The molecule has 3 rings (SSSR count). The number of nitrogens with one attached hydrogen (secondary N) is 2. The van der Waals surface area contributed by atoms with Crippen LogP contribution in [-0.2, 0) is 4.79 Å². The van der Waals surface area contributed by atoms with Crippen LogP contribution >= 0.6 is 0 Å². The van der Waals surface area contributed by atoms with E-state index in [4.69, 9.17) is 14.2 Å². The molecule has 1 atom stereocenters. The minimum atomic E-state index is -0.752. The maximum absolute atomic E-state index is 12.5. The van der Waals surface area contributed by atoms with Crippen LogP contribution < -0.4 is 24.8 Å². The number of amides is 2. The zero-order chi connectivity index (χ0) is 22.2. The van der Waals surface area contributed by atoms with Gasteiger partial charge in [0.1, 0.15) is 17.2 Å². The van der Waals surface area contributed by atoms with E-state index in [9.17, 15) is 9.59 Å². The molecule has 0 aromatic heterocycles. The standard InChI is InChI=1S/C24H24N2O5/c1-16(23(27)25-19-8-4-6-10-21(19)29-2)31-18-14-12-17(13-15-18)24(28)26-20-9-5-7-11-22(20)30-3/h4-16H,1-3H3,(H,25,27)(H,26,28)/t16-/m1/s1. The van der Waals surface area contributed by atoms with Crippen LogP contribution in [0, 0.1) is 0 Å². The average Bonchev–Trinajstić information content (AvgIpc) is 2.80. The molecule has 0 aliphatic heterocycles. The Labute approximate surface area is 180 Å². The van der Waals surface area contributed by atoms with Crippen molar-refractivity contribution < 1.29 is 23.8 Å². The third-order valence-corrected chi connectivity index (χ3v) is 4.52. The summed E-state index contributed by atoms with van der Waals surface area (Å²) in [4.78, 5) is 25.0. The molecule has 0 fully saturated rings. The van der Waals surface area contributed by atoms with Crippen molar-refractivity contribution >= 4 is 23.2 Å². The van der Waals surface area contributed by atoms with Crippen LogP contribution in [0.2, 0.25) is 0 Å². The summed E-state index contributed by atoms with van der Waals surface area (Å²) in [5.41, 5.74) is 1.59. The van der Waals surface area contributed by atoms with Crippen LogP contribution in [0.3, 0.4) is 0 Å². The molecule has 3 aromatic rings. The number of hydrogen-bond donors (Lipinski definition) is 2. The molecule has 0 radical (unpaired) electrons. The number of carbonyl (C=O) groups excluding carboxylic acids is 2. The van der Waals surface area contributed by atoms with E-state index in [1.807, 2.05) is 18.2 Å². The van der Waals surface area contributed by atoms with Gasteiger partial charge in [-0.2, -0.15) is 0 Å². The summed E-state index contributed by atoms with van der Waals surface area (Å²) >= 11 is 0. The Kier molecular flexibility index (Phi) is 7.11. The molecule has 3 aromatic carbocycles. The van der Waals surface area contributed by atoms with Crippen LogP contribution in [0.4, 0.5) is 11.4 Å².